The first-order valence-electron chi connectivity index (χ1n) is 8.71. The van der Waals surface area contributed by atoms with Gasteiger partial charge < -0.3 is 20.1 Å². The lowest BCUT2D eigenvalue weighted by molar-refractivity contribution is 0.0383. The molecule has 7 nitrogen and oxygen atoms in total. The molecule has 0 saturated carbocycles. The third-order valence-corrected chi connectivity index (χ3v) is 4.37. The molecule has 2 saturated heterocycles. The summed E-state index contributed by atoms with van der Waals surface area (Å²) in [5, 5.41) is 6.22. The van der Waals surface area contributed by atoms with Crippen molar-refractivity contribution < 1.29 is 14.3 Å². The molecule has 7 heteroatoms. The summed E-state index contributed by atoms with van der Waals surface area (Å²) in [4.78, 5) is 18.8. The fourth-order valence-corrected chi connectivity index (χ4v) is 2.95. The minimum atomic E-state index is -0.0641. The van der Waals surface area contributed by atoms with Gasteiger partial charge >= 0.3 is 0 Å². The number of hydrogen-bond acceptors (Lipinski definition) is 6. The van der Waals surface area contributed by atoms with Crippen LogP contribution in [0.3, 0.4) is 0 Å². The Morgan fingerprint density at radius 2 is 2.21 bits per heavy atom. The van der Waals surface area contributed by atoms with E-state index < -0.39 is 0 Å². The molecular weight excluding hydrogens is 308 g/mol. The molecule has 24 heavy (non-hydrogen) atoms. The topological polar surface area (TPSA) is 75.7 Å². The Balaban J connectivity index is 1.42. The molecule has 0 spiro atoms. The van der Waals surface area contributed by atoms with Crippen LogP contribution < -0.4 is 10.6 Å². The maximum Gasteiger partial charge on any atom is 0.251 e. The highest BCUT2D eigenvalue weighted by Gasteiger charge is 2.15. The van der Waals surface area contributed by atoms with Crippen LogP contribution in [0.1, 0.15) is 23.2 Å². The van der Waals surface area contributed by atoms with Gasteiger partial charge in [0.2, 0.25) is 0 Å². The quantitative estimate of drug-likeness (QED) is 0.766. The molecule has 3 rings (SSSR count). The smallest absolute Gasteiger partial charge is 0.251 e. The zero-order chi connectivity index (χ0) is 16.6. The first-order chi connectivity index (χ1) is 11.8. The minimum Gasteiger partial charge on any atom is -0.379 e. The van der Waals surface area contributed by atoms with Crippen molar-refractivity contribution in [2.24, 2.45) is 0 Å². The Morgan fingerprint density at radius 1 is 1.33 bits per heavy atom. The van der Waals surface area contributed by atoms with Gasteiger partial charge in [-0.3, -0.25) is 9.69 Å². The summed E-state index contributed by atoms with van der Waals surface area (Å²) in [6.45, 7) is 6.48. The average Bonchev–Trinajstić information content (AvgIpc) is 3.15. The van der Waals surface area contributed by atoms with Crippen molar-refractivity contribution in [3.63, 3.8) is 0 Å². The number of nitrogens with one attached hydrogen (secondary N) is 2. The van der Waals surface area contributed by atoms with Gasteiger partial charge in [-0.05, 0) is 25.0 Å². The Hall–Kier alpha value is -1.70. The molecule has 0 aliphatic carbocycles. The van der Waals surface area contributed by atoms with Gasteiger partial charge in [0, 0.05) is 51.1 Å². The van der Waals surface area contributed by atoms with Crippen LogP contribution >= 0.6 is 0 Å². The number of nitrogens with zero attached hydrogens (tertiary/aromatic N) is 2. The number of anilines is 1. The van der Waals surface area contributed by atoms with Crippen LogP contribution in [-0.4, -0.2) is 74.4 Å². The molecule has 3 heterocycles. The molecule has 1 unspecified atom stereocenters. The van der Waals surface area contributed by atoms with E-state index in [4.69, 9.17) is 9.47 Å². The Kier molecular flexibility index (Phi) is 6.40. The lowest BCUT2D eigenvalue weighted by atomic mass is 10.2. The van der Waals surface area contributed by atoms with E-state index in [0.717, 1.165) is 58.8 Å². The fraction of sp³-hybridized carbons (Fsp3) is 0.647. The lowest BCUT2D eigenvalue weighted by Gasteiger charge is -2.26. The molecular formula is C17H26N4O3. The van der Waals surface area contributed by atoms with Gasteiger partial charge in [0.1, 0.15) is 5.82 Å². The number of pyridine rings is 1. The number of morpholine rings is 1. The van der Waals surface area contributed by atoms with E-state index in [2.05, 4.69) is 20.5 Å². The molecule has 1 atom stereocenters. The van der Waals surface area contributed by atoms with E-state index in [1.807, 2.05) is 0 Å². The largest absolute Gasteiger partial charge is 0.379 e. The summed E-state index contributed by atoms with van der Waals surface area (Å²) in [5.74, 6) is 0.650. The zero-order valence-electron chi connectivity index (χ0n) is 14.0. The third kappa shape index (κ3) is 5.15. The number of amides is 1. The fourth-order valence-electron chi connectivity index (χ4n) is 2.95. The average molecular weight is 334 g/mol. The van der Waals surface area contributed by atoms with Crippen LogP contribution in [-0.2, 0) is 9.47 Å². The number of hydrogen-bond donors (Lipinski definition) is 2. The Labute approximate surface area is 142 Å². The number of aromatic nitrogens is 1. The summed E-state index contributed by atoms with van der Waals surface area (Å²) in [7, 11) is 0. The van der Waals surface area contributed by atoms with E-state index >= 15 is 0 Å². The summed E-state index contributed by atoms with van der Waals surface area (Å²) < 4.78 is 10.9. The molecule has 0 radical (unpaired) electrons. The van der Waals surface area contributed by atoms with Gasteiger partial charge in [-0.15, -0.1) is 0 Å². The second-order valence-electron chi connectivity index (χ2n) is 6.16. The van der Waals surface area contributed by atoms with Crippen LogP contribution in [0.5, 0.6) is 0 Å². The SMILES string of the molecule is O=C(NCCN1CCOCC1)c1ccnc(NCC2CCCO2)c1. The molecule has 0 bridgehead atoms. The second kappa shape index (κ2) is 8.96. The second-order valence-corrected chi connectivity index (χ2v) is 6.16. The lowest BCUT2D eigenvalue weighted by Crippen LogP contribution is -2.41. The highest BCUT2D eigenvalue weighted by atomic mass is 16.5. The standard InChI is InChI=1S/C17H26N4O3/c22-17(19-5-6-21-7-10-23-11-8-21)14-3-4-18-16(12-14)20-13-15-2-1-9-24-15/h3-4,12,15H,1-2,5-11,13H2,(H,18,20)(H,19,22). The van der Waals surface area contributed by atoms with Crippen LogP contribution in [0.25, 0.3) is 0 Å². The normalized spacial score (nSPS) is 21.6. The summed E-state index contributed by atoms with van der Waals surface area (Å²) in [5.41, 5.74) is 0.627. The van der Waals surface area contributed by atoms with Gasteiger partial charge in [0.15, 0.2) is 0 Å². The number of carbonyl (C=O) groups is 1. The van der Waals surface area contributed by atoms with E-state index in [1.165, 1.54) is 0 Å². The Morgan fingerprint density at radius 3 is 3.00 bits per heavy atom. The highest BCUT2D eigenvalue weighted by molar-refractivity contribution is 5.94. The number of rotatable bonds is 7. The van der Waals surface area contributed by atoms with Crippen molar-refractivity contribution in [1.82, 2.24) is 15.2 Å². The molecule has 1 amide bonds. The predicted octanol–water partition coefficient (Wildman–Crippen LogP) is 0.735. The van der Waals surface area contributed by atoms with E-state index in [9.17, 15) is 4.79 Å². The first-order valence-corrected chi connectivity index (χ1v) is 8.71. The van der Waals surface area contributed by atoms with E-state index in [0.29, 0.717) is 17.9 Å². The van der Waals surface area contributed by atoms with Gasteiger partial charge in [0.05, 0.1) is 19.3 Å². The molecule has 1 aromatic rings. The molecule has 0 aromatic carbocycles. The predicted molar refractivity (Wildman–Crippen MR) is 91.3 cm³/mol. The van der Waals surface area contributed by atoms with Gasteiger partial charge in [0.25, 0.3) is 5.91 Å². The van der Waals surface area contributed by atoms with Crippen molar-refractivity contribution in [2.75, 3.05) is 57.9 Å². The monoisotopic (exact) mass is 334 g/mol. The molecule has 2 N–H and O–H groups in total. The third-order valence-electron chi connectivity index (χ3n) is 4.37. The molecule has 2 aliphatic heterocycles. The number of carbonyl (C=O) groups excluding carboxylic acids is 1. The van der Waals surface area contributed by atoms with Gasteiger partial charge in [-0.25, -0.2) is 4.98 Å². The minimum absolute atomic E-state index is 0.0641. The van der Waals surface area contributed by atoms with Crippen LogP contribution in [0.4, 0.5) is 5.82 Å². The van der Waals surface area contributed by atoms with Crippen molar-refractivity contribution in [3.8, 4) is 0 Å². The Bertz CT molecular complexity index is 528. The van der Waals surface area contributed by atoms with E-state index in [1.54, 1.807) is 18.3 Å². The van der Waals surface area contributed by atoms with Crippen molar-refractivity contribution in [1.29, 1.82) is 0 Å². The summed E-state index contributed by atoms with van der Waals surface area (Å²) in [6, 6.07) is 3.53. The van der Waals surface area contributed by atoms with Crippen LogP contribution in [0.15, 0.2) is 18.3 Å². The highest BCUT2D eigenvalue weighted by Crippen LogP contribution is 2.13. The summed E-state index contributed by atoms with van der Waals surface area (Å²) >= 11 is 0. The summed E-state index contributed by atoms with van der Waals surface area (Å²) in [6.07, 6.45) is 4.10. The van der Waals surface area contributed by atoms with Crippen LogP contribution in [0.2, 0.25) is 0 Å². The maximum atomic E-state index is 12.3. The van der Waals surface area contributed by atoms with Crippen LogP contribution in [0, 0.1) is 0 Å². The van der Waals surface area contributed by atoms with Gasteiger partial charge in [-0.1, -0.05) is 0 Å². The van der Waals surface area contributed by atoms with Crippen molar-refractivity contribution in [3.05, 3.63) is 23.9 Å². The molecule has 1 aromatic heterocycles. The van der Waals surface area contributed by atoms with Crippen molar-refractivity contribution >= 4 is 11.7 Å². The molecule has 132 valence electrons. The molecule has 2 aliphatic rings. The first kappa shape index (κ1) is 17.1. The molecule has 2 fully saturated rings. The van der Waals surface area contributed by atoms with E-state index in [-0.39, 0.29) is 12.0 Å². The zero-order valence-corrected chi connectivity index (χ0v) is 14.0. The van der Waals surface area contributed by atoms with Gasteiger partial charge in [-0.2, -0.15) is 0 Å². The number of ether oxygens (including phenoxy) is 2. The van der Waals surface area contributed by atoms with Crippen molar-refractivity contribution in [2.45, 2.75) is 18.9 Å². The maximum absolute atomic E-state index is 12.3.